The van der Waals surface area contributed by atoms with Crippen molar-refractivity contribution in [2.24, 2.45) is 5.73 Å². The zero-order chi connectivity index (χ0) is 13.5. The Kier molecular flexibility index (Phi) is 4.62. The Labute approximate surface area is 110 Å². The smallest absolute Gasteiger partial charge is 0.273 e. The number of hydrogen-bond acceptors (Lipinski definition) is 5. The average molecular weight is 263 g/mol. The van der Waals surface area contributed by atoms with Crippen molar-refractivity contribution in [3.63, 3.8) is 0 Å². The van der Waals surface area contributed by atoms with Gasteiger partial charge in [-0.1, -0.05) is 5.21 Å². The van der Waals surface area contributed by atoms with Crippen molar-refractivity contribution in [1.29, 1.82) is 0 Å². The molecule has 2 aromatic rings. The molecule has 0 aromatic carbocycles. The molecule has 8 heteroatoms. The van der Waals surface area contributed by atoms with Crippen molar-refractivity contribution in [3.05, 3.63) is 30.4 Å². The Balaban J connectivity index is 1.71. The van der Waals surface area contributed by atoms with Gasteiger partial charge in [0, 0.05) is 32.0 Å². The predicted octanol–water partition coefficient (Wildman–Crippen LogP) is -0.747. The summed E-state index contributed by atoms with van der Waals surface area (Å²) in [5.74, 6) is -0.219. The van der Waals surface area contributed by atoms with Gasteiger partial charge in [0.2, 0.25) is 0 Å². The van der Waals surface area contributed by atoms with Crippen molar-refractivity contribution in [2.45, 2.75) is 19.5 Å². The number of nitrogens with one attached hydrogen (secondary N) is 1. The number of hydrogen-bond donors (Lipinski definition) is 2. The summed E-state index contributed by atoms with van der Waals surface area (Å²) < 4.78 is 3.38. The number of amides is 1. The number of carbonyl (C=O) groups is 1. The Morgan fingerprint density at radius 2 is 2.26 bits per heavy atom. The highest BCUT2D eigenvalue weighted by atomic mass is 16.2. The van der Waals surface area contributed by atoms with Gasteiger partial charge in [-0.05, 0) is 12.5 Å². The molecule has 1 amide bonds. The molecule has 0 aliphatic rings. The van der Waals surface area contributed by atoms with Gasteiger partial charge in [-0.2, -0.15) is 5.10 Å². The normalized spacial score (nSPS) is 10.6. The first-order chi connectivity index (χ1) is 9.29. The number of rotatable bonds is 7. The molecule has 0 radical (unpaired) electrons. The topological polar surface area (TPSA) is 104 Å². The van der Waals surface area contributed by atoms with E-state index >= 15 is 0 Å². The molecule has 3 N–H and O–H groups in total. The van der Waals surface area contributed by atoms with Crippen LogP contribution in [0.4, 0.5) is 0 Å². The van der Waals surface area contributed by atoms with Gasteiger partial charge in [-0.15, -0.1) is 5.10 Å². The van der Waals surface area contributed by atoms with E-state index in [2.05, 4.69) is 20.7 Å². The lowest BCUT2D eigenvalue weighted by Crippen LogP contribution is -2.25. The number of aryl methyl sites for hydroxylation is 1. The molecule has 0 fully saturated rings. The Hall–Kier alpha value is -2.22. The van der Waals surface area contributed by atoms with E-state index in [-0.39, 0.29) is 5.91 Å². The highest BCUT2D eigenvalue weighted by Crippen LogP contribution is 1.93. The lowest BCUT2D eigenvalue weighted by atomic mass is 10.4. The maximum Gasteiger partial charge on any atom is 0.273 e. The maximum atomic E-state index is 11.7. The van der Waals surface area contributed by atoms with Crippen molar-refractivity contribution >= 4 is 5.91 Å². The highest BCUT2D eigenvalue weighted by molar-refractivity contribution is 5.91. The van der Waals surface area contributed by atoms with E-state index < -0.39 is 0 Å². The first kappa shape index (κ1) is 13.2. The standard InChI is InChI=1S/C11H17N7O/c12-3-8-18-9-10(15-16-18)11(19)13-4-1-6-17-7-2-5-14-17/h2,5,7,9H,1,3-4,6,8,12H2,(H,13,19). The van der Waals surface area contributed by atoms with E-state index in [4.69, 9.17) is 5.73 Å². The Bertz CT molecular complexity index is 505. The van der Waals surface area contributed by atoms with Gasteiger partial charge < -0.3 is 11.1 Å². The minimum atomic E-state index is -0.219. The molecule has 102 valence electrons. The van der Waals surface area contributed by atoms with Crippen LogP contribution in [-0.2, 0) is 13.1 Å². The maximum absolute atomic E-state index is 11.7. The van der Waals surface area contributed by atoms with Gasteiger partial charge in [0.1, 0.15) is 0 Å². The molecule has 0 saturated heterocycles. The van der Waals surface area contributed by atoms with Crippen molar-refractivity contribution in [3.8, 4) is 0 Å². The molecule has 2 aromatic heterocycles. The zero-order valence-electron chi connectivity index (χ0n) is 10.6. The fourth-order valence-corrected chi connectivity index (χ4v) is 1.61. The van der Waals surface area contributed by atoms with E-state index in [0.29, 0.717) is 25.3 Å². The molecule has 2 heterocycles. The Morgan fingerprint density at radius 1 is 1.37 bits per heavy atom. The SMILES string of the molecule is NCCn1cc(C(=O)NCCCn2cccn2)nn1. The largest absolute Gasteiger partial charge is 0.351 e. The minimum absolute atomic E-state index is 0.219. The van der Waals surface area contributed by atoms with Crippen LogP contribution in [0.15, 0.2) is 24.7 Å². The average Bonchev–Trinajstić information content (AvgIpc) is 3.06. The van der Waals surface area contributed by atoms with Gasteiger partial charge in [-0.3, -0.25) is 14.2 Å². The number of carbonyl (C=O) groups excluding carboxylic acids is 1. The van der Waals surface area contributed by atoms with Crippen LogP contribution in [0.5, 0.6) is 0 Å². The van der Waals surface area contributed by atoms with Crippen molar-refractivity contribution in [2.75, 3.05) is 13.1 Å². The molecule has 0 unspecified atom stereocenters. The van der Waals surface area contributed by atoms with Gasteiger partial charge >= 0.3 is 0 Å². The zero-order valence-corrected chi connectivity index (χ0v) is 10.6. The summed E-state index contributed by atoms with van der Waals surface area (Å²) in [6.07, 6.45) is 6.02. The van der Waals surface area contributed by atoms with Crippen LogP contribution in [-0.4, -0.2) is 43.8 Å². The third kappa shape index (κ3) is 3.88. The molecule has 0 aliphatic carbocycles. The van der Waals surface area contributed by atoms with E-state index in [1.807, 2.05) is 16.9 Å². The van der Waals surface area contributed by atoms with Crippen LogP contribution in [0, 0.1) is 0 Å². The van der Waals surface area contributed by atoms with Crippen LogP contribution in [0.3, 0.4) is 0 Å². The molecular weight excluding hydrogens is 246 g/mol. The summed E-state index contributed by atoms with van der Waals surface area (Å²) in [6.45, 7) is 2.36. The van der Waals surface area contributed by atoms with Gasteiger partial charge in [-0.25, -0.2) is 0 Å². The van der Waals surface area contributed by atoms with Crippen molar-refractivity contribution in [1.82, 2.24) is 30.1 Å². The van der Waals surface area contributed by atoms with Gasteiger partial charge in [0.05, 0.1) is 12.7 Å². The molecule has 8 nitrogen and oxygen atoms in total. The van der Waals surface area contributed by atoms with Crippen LogP contribution >= 0.6 is 0 Å². The summed E-state index contributed by atoms with van der Waals surface area (Å²) in [5.41, 5.74) is 5.71. The van der Waals surface area contributed by atoms with Crippen LogP contribution in [0.2, 0.25) is 0 Å². The van der Waals surface area contributed by atoms with Gasteiger partial charge in [0.15, 0.2) is 5.69 Å². The van der Waals surface area contributed by atoms with Crippen molar-refractivity contribution < 1.29 is 4.79 Å². The molecule has 0 atom stereocenters. The molecule has 0 spiro atoms. The second kappa shape index (κ2) is 6.64. The first-order valence-electron chi connectivity index (χ1n) is 6.15. The Morgan fingerprint density at radius 3 is 3.00 bits per heavy atom. The highest BCUT2D eigenvalue weighted by Gasteiger charge is 2.09. The third-order valence-corrected chi connectivity index (χ3v) is 2.54. The lowest BCUT2D eigenvalue weighted by molar-refractivity contribution is 0.0947. The lowest BCUT2D eigenvalue weighted by Gasteiger charge is -2.03. The molecule has 0 bridgehead atoms. The summed E-state index contributed by atoms with van der Waals surface area (Å²) in [5, 5.41) is 14.5. The molecule has 2 rings (SSSR count). The summed E-state index contributed by atoms with van der Waals surface area (Å²) >= 11 is 0. The fraction of sp³-hybridized carbons (Fsp3) is 0.455. The van der Waals surface area contributed by atoms with E-state index in [1.54, 1.807) is 17.1 Å². The summed E-state index contributed by atoms with van der Waals surface area (Å²) in [4.78, 5) is 11.7. The van der Waals surface area contributed by atoms with Crippen LogP contribution in [0.1, 0.15) is 16.9 Å². The number of aromatic nitrogens is 5. The quantitative estimate of drug-likeness (QED) is 0.640. The second-order valence-electron chi connectivity index (χ2n) is 4.03. The van der Waals surface area contributed by atoms with E-state index in [9.17, 15) is 4.79 Å². The summed E-state index contributed by atoms with van der Waals surface area (Å²) in [6, 6.07) is 1.87. The number of nitrogens with two attached hydrogens (primary N) is 1. The minimum Gasteiger partial charge on any atom is -0.351 e. The molecule has 19 heavy (non-hydrogen) atoms. The molecule has 0 aliphatic heterocycles. The molecule has 0 saturated carbocycles. The van der Waals surface area contributed by atoms with E-state index in [1.165, 1.54) is 0 Å². The second-order valence-corrected chi connectivity index (χ2v) is 4.03. The van der Waals surface area contributed by atoms with E-state index in [0.717, 1.165) is 13.0 Å². The van der Waals surface area contributed by atoms with Gasteiger partial charge in [0.25, 0.3) is 5.91 Å². The third-order valence-electron chi connectivity index (χ3n) is 2.54. The summed E-state index contributed by atoms with van der Waals surface area (Å²) in [7, 11) is 0. The number of nitrogens with zero attached hydrogens (tertiary/aromatic N) is 5. The monoisotopic (exact) mass is 263 g/mol. The first-order valence-corrected chi connectivity index (χ1v) is 6.15. The molecular formula is C11H17N7O. The van der Waals surface area contributed by atoms with Crippen LogP contribution < -0.4 is 11.1 Å². The predicted molar refractivity (Wildman–Crippen MR) is 68.3 cm³/mol. The fourth-order valence-electron chi connectivity index (χ4n) is 1.61. The van der Waals surface area contributed by atoms with Crippen LogP contribution in [0.25, 0.3) is 0 Å².